The van der Waals surface area contributed by atoms with E-state index in [4.69, 9.17) is 0 Å². The molecule has 3 rings (SSSR count). The molecule has 1 saturated carbocycles. The fraction of sp³-hybridized carbons (Fsp3) is 0.733. The van der Waals surface area contributed by atoms with E-state index in [2.05, 4.69) is 17.3 Å². The summed E-state index contributed by atoms with van der Waals surface area (Å²) in [4.78, 5) is 28.6. The Kier molecular flexibility index (Phi) is 3.78. The second-order valence-electron chi connectivity index (χ2n) is 6.14. The normalized spacial score (nSPS) is 27.6. The Bertz CT molecular complexity index is 450. The van der Waals surface area contributed by atoms with Gasteiger partial charge in [0.05, 0.1) is 12.5 Å². The zero-order valence-electron chi connectivity index (χ0n) is 12.2. The molecule has 5 heteroatoms. The molecule has 1 N–H and O–H groups in total. The second-order valence-corrected chi connectivity index (χ2v) is 6.14. The molecule has 2 aliphatic heterocycles. The van der Waals surface area contributed by atoms with E-state index in [1.54, 1.807) is 0 Å². The number of carbonyl (C=O) groups is 2. The molecule has 1 aliphatic carbocycles. The van der Waals surface area contributed by atoms with Gasteiger partial charge in [0.15, 0.2) is 0 Å². The second kappa shape index (κ2) is 5.56. The quantitative estimate of drug-likeness (QED) is 0.800. The summed E-state index contributed by atoms with van der Waals surface area (Å²) < 4.78 is 0. The summed E-state index contributed by atoms with van der Waals surface area (Å²) in [6.45, 7) is 3.41. The third-order valence-electron chi connectivity index (χ3n) is 4.76. The number of rotatable bonds is 2. The van der Waals surface area contributed by atoms with Gasteiger partial charge in [-0.3, -0.25) is 9.59 Å². The Morgan fingerprint density at radius 2 is 2.00 bits per heavy atom. The molecular weight excluding hydrogens is 254 g/mol. The minimum atomic E-state index is -0.00521. The van der Waals surface area contributed by atoms with Crippen molar-refractivity contribution in [3.05, 3.63) is 11.1 Å². The van der Waals surface area contributed by atoms with Crippen LogP contribution < -0.4 is 5.32 Å². The van der Waals surface area contributed by atoms with Crippen molar-refractivity contribution >= 4 is 11.8 Å². The Morgan fingerprint density at radius 1 is 1.25 bits per heavy atom. The molecule has 1 saturated heterocycles. The standard InChI is InChI=1S/C15H23N3O2/c1-17-6-8-18(9-7-17)14(19)10-12-11-4-2-3-5-13(11)16-15(12)20/h13H,2-10H2,1H3,(H,16,20). The lowest BCUT2D eigenvalue weighted by atomic mass is 9.88. The predicted octanol–water partition coefficient (Wildman–Crippen LogP) is 0.520. The van der Waals surface area contributed by atoms with Crippen molar-refractivity contribution in [1.82, 2.24) is 15.1 Å². The first-order valence-corrected chi connectivity index (χ1v) is 7.64. The van der Waals surface area contributed by atoms with Gasteiger partial charge in [-0.15, -0.1) is 0 Å². The maximum atomic E-state index is 12.4. The van der Waals surface area contributed by atoms with Crippen molar-refractivity contribution in [2.75, 3.05) is 33.2 Å². The summed E-state index contributed by atoms with van der Waals surface area (Å²) >= 11 is 0. The van der Waals surface area contributed by atoms with Crippen molar-refractivity contribution in [2.45, 2.75) is 38.1 Å². The van der Waals surface area contributed by atoms with Crippen molar-refractivity contribution in [3.63, 3.8) is 0 Å². The van der Waals surface area contributed by atoms with Gasteiger partial charge in [0.25, 0.3) is 0 Å². The molecule has 0 aromatic carbocycles. The summed E-state index contributed by atoms with van der Waals surface area (Å²) in [6, 6.07) is 0.214. The smallest absolute Gasteiger partial charge is 0.248 e. The number of nitrogens with one attached hydrogen (secondary N) is 1. The highest BCUT2D eigenvalue weighted by Gasteiger charge is 2.34. The molecule has 1 unspecified atom stereocenters. The molecule has 0 radical (unpaired) electrons. The number of amides is 2. The van der Waals surface area contributed by atoms with Crippen LogP contribution in [0.5, 0.6) is 0 Å². The van der Waals surface area contributed by atoms with Crippen LogP contribution in [-0.4, -0.2) is 60.9 Å². The van der Waals surface area contributed by atoms with Crippen LogP contribution in [0.25, 0.3) is 0 Å². The van der Waals surface area contributed by atoms with Gasteiger partial charge >= 0.3 is 0 Å². The van der Waals surface area contributed by atoms with E-state index in [1.807, 2.05) is 4.90 Å². The van der Waals surface area contributed by atoms with Crippen LogP contribution in [0, 0.1) is 0 Å². The molecule has 1 atom stereocenters. The molecule has 110 valence electrons. The first-order chi connectivity index (χ1) is 9.65. The molecule has 2 heterocycles. The molecule has 2 fully saturated rings. The summed E-state index contributed by atoms with van der Waals surface area (Å²) in [6.07, 6.45) is 4.63. The minimum Gasteiger partial charge on any atom is -0.346 e. The van der Waals surface area contributed by atoms with Gasteiger partial charge in [-0.2, -0.15) is 0 Å². The van der Waals surface area contributed by atoms with E-state index in [0.29, 0.717) is 6.42 Å². The van der Waals surface area contributed by atoms with Crippen molar-refractivity contribution in [3.8, 4) is 0 Å². The van der Waals surface area contributed by atoms with Crippen LogP contribution in [0.2, 0.25) is 0 Å². The number of fused-ring (bicyclic) bond motifs is 1. The number of piperazine rings is 1. The fourth-order valence-electron chi connectivity index (χ4n) is 3.44. The molecule has 3 aliphatic rings. The third-order valence-corrected chi connectivity index (χ3v) is 4.76. The average Bonchev–Trinajstić information content (AvgIpc) is 2.76. The lowest BCUT2D eigenvalue weighted by Crippen LogP contribution is -2.47. The third kappa shape index (κ3) is 2.59. The Balaban J connectivity index is 1.67. The number of nitrogens with zero attached hydrogens (tertiary/aromatic N) is 2. The van der Waals surface area contributed by atoms with Crippen LogP contribution in [0.3, 0.4) is 0 Å². The highest BCUT2D eigenvalue weighted by Crippen LogP contribution is 2.32. The molecule has 0 bridgehead atoms. The summed E-state index contributed by atoms with van der Waals surface area (Å²) in [7, 11) is 2.07. The Labute approximate surface area is 120 Å². The summed E-state index contributed by atoms with van der Waals surface area (Å²) in [5.74, 6) is 0.108. The maximum absolute atomic E-state index is 12.4. The van der Waals surface area contributed by atoms with Gasteiger partial charge in [0.1, 0.15) is 0 Å². The zero-order valence-corrected chi connectivity index (χ0v) is 12.2. The van der Waals surface area contributed by atoms with E-state index >= 15 is 0 Å². The summed E-state index contributed by atoms with van der Waals surface area (Å²) in [5, 5.41) is 3.03. The predicted molar refractivity (Wildman–Crippen MR) is 76.1 cm³/mol. The van der Waals surface area contributed by atoms with Gasteiger partial charge in [0.2, 0.25) is 11.8 Å². The Morgan fingerprint density at radius 3 is 2.75 bits per heavy atom. The highest BCUT2D eigenvalue weighted by atomic mass is 16.2. The molecule has 0 spiro atoms. The summed E-state index contributed by atoms with van der Waals surface area (Å²) in [5.41, 5.74) is 1.97. The topological polar surface area (TPSA) is 52.6 Å². The molecule has 20 heavy (non-hydrogen) atoms. The van der Waals surface area contributed by atoms with Gasteiger partial charge in [-0.25, -0.2) is 0 Å². The molecule has 0 aromatic rings. The van der Waals surface area contributed by atoms with Crippen molar-refractivity contribution < 1.29 is 9.59 Å². The zero-order chi connectivity index (χ0) is 14.1. The maximum Gasteiger partial charge on any atom is 0.248 e. The van der Waals surface area contributed by atoms with Crippen LogP contribution in [0.4, 0.5) is 0 Å². The van der Waals surface area contributed by atoms with Gasteiger partial charge in [0, 0.05) is 31.8 Å². The SMILES string of the molecule is CN1CCN(C(=O)CC2=C3CCCCC3NC2=O)CC1. The average molecular weight is 277 g/mol. The molecule has 5 nitrogen and oxygen atoms in total. The van der Waals surface area contributed by atoms with Crippen LogP contribution in [0.1, 0.15) is 32.1 Å². The first-order valence-electron chi connectivity index (χ1n) is 7.64. The largest absolute Gasteiger partial charge is 0.346 e. The number of carbonyl (C=O) groups excluding carboxylic acids is 2. The van der Waals surface area contributed by atoms with Gasteiger partial charge in [-0.05, 0) is 31.9 Å². The van der Waals surface area contributed by atoms with E-state index in [-0.39, 0.29) is 17.9 Å². The highest BCUT2D eigenvalue weighted by molar-refractivity contribution is 6.02. The van der Waals surface area contributed by atoms with Crippen LogP contribution in [-0.2, 0) is 9.59 Å². The van der Waals surface area contributed by atoms with Gasteiger partial charge in [-0.1, -0.05) is 6.42 Å². The number of likely N-dealkylation sites (N-methyl/N-ethyl adjacent to an activating group) is 1. The Hall–Kier alpha value is -1.36. The van der Waals surface area contributed by atoms with Crippen LogP contribution in [0.15, 0.2) is 11.1 Å². The minimum absolute atomic E-state index is 0.00521. The monoisotopic (exact) mass is 277 g/mol. The van der Waals surface area contributed by atoms with E-state index < -0.39 is 0 Å². The number of hydrogen-bond acceptors (Lipinski definition) is 3. The van der Waals surface area contributed by atoms with Crippen molar-refractivity contribution in [1.29, 1.82) is 0 Å². The van der Waals surface area contributed by atoms with Crippen molar-refractivity contribution in [2.24, 2.45) is 0 Å². The fourth-order valence-corrected chi connectivity index (χ4v) is 3.44. The lowest BCUT2D eigenvalue weighted by Gasteiger charge is -2.32. The van der Waals surface area contributed by atoms with Crippen LogP contribution >= 0.6 is 0 Å². The first kappa shape index (κ1) is 13.6. The molecule has 2 amide bonds. The van der Waals surface area contributed by atoms with Gasteiger partial charge < -0.3 is 15.1 Å². The lowest BCUT2D eigenvalue weighted by molar-refractivity contribution is -0.133. The van der Waals surface area contributed by atoms with E-state index in [1.165, 1.54) is 12.0 Å². The van der Waals surface area contributed by atoms with E-state index in [9.17, 15) is 9.59 Å². The molecular formula is C15H23N3O2. The molecule has 0 aromatic heterocycles. The van der Waals surface area contributed by atoms with E-state index in [0.717, 1.165) is 51.0 Å². The number of hydrogen-bond donors (Lipinski definition) is 1.